The van der Waals surface area contributed by atoms with Gasteiger partial charge in [0.25, 0.3) is 0 Å². The smallest absolute Gasteiger partial charge is 0.325 e. The van der Waals surface area contributed by atoms with E-state index in [0.717, 1.165) is 16.5 Å². The van der Waals surface area contributed by atoms with Crippen LogP contribution in [0.15, 0.2) is 11.1 Å². The standard InChI is InChI=1S/C14H25N3O2S/c1-10(2)15-14(4,13(18)19-6)7-8-20-12-9-11(3)16-17(12)5/h9-10,15H,7-8H2,1-6H3. The monoisotopic (exact) mass is 299 g/mol. The number of hydrogen-bond donors (Lipinski definition) is 1. The molecule has 0 amide bonds. The Bertz CT molecular complexity index is 459. The minimum Gasteiger partial charge on any atom is -0.468 e. The number of hydrogen-bond acceptors (Lipinski definition) is 5. The lowest BCUT2D eigenvalue weighted by molar-refractivity contribution is -0.148. The second kappa shape index (κ2) is 7.13. The van der Waals surface area contributed by atoms with E-state index in [0.29, 0.717) is 6.42 Å². The summed E-state index contributed by atoms with van der Waals surface area (Å²) in [4.78, 5) is 12.0. The molecule has 1 heterocycles. The summed E-state index contributed by atoms with van der Waals surface area (Å²) in [6, 6.07) is 2.28. The SMILES string of the molecule is COC(=O)C(C)(CCSc1cc(C)nn1C)NC(C)C. The van der Waals surface area contributed by atoms with Crippen molar-refractivity contribution in [2.75, 3.05) is 12.9 Å². The second-order valence-corrected chi connectivity index (χ2v) is 6.58. The molecule has 6 heteroatoms. The molecule has 1 aromatic rings. The van der Waals surface area contributed by atoms with Gasteiger partial charge in [0.1, 0.15) is 5.54 Å². The summed E-state index contributed by atoms with van der Waals surface area (Å²) in [5.74, 6) is 0.609. The zero-order valence-corrected chi connectivity index (χ0v) is 14.0. The molecule has 1 atom stereocenters. The predicted molar refractivity (Wildman–Crippen MR) is 82.0 cm³/mol. The molecule has 1 aromatic heterocycles. The van der Waals surface area contributed by atoms with Crippen molar-refractivity contribution >= 4 is 17.7 Å². The molecule has 0 saturated heterocycles. The number of nitrogens with zero attached hydrogens (tertiary/aromatic N) is 2. The van der Waals surface area contributed by atoms with E-state index in [9.17, 15) is 4.79 Å². The highest BCUT2D eigenvalue weighted by atomic mass is 32.2. The van der Waals surface area contributed by atoms with E-state index in [1.165, 1.54) is 7.11 Å². The van der Waals surface area contributed by atoms with Gasteiger partial charge in [-0.15, -0.1) is 11.8 Å². The van der Waals surface area contributed by atoms with Crippen LogP contribution >= 0.6 is 11.8 Å². The lowest BCUT2D eigenvalue weighted by Gasteiger charge is -2.30. The Morgan fingerprint density at radius 3 is 2.70 bits per heavy atom. The van der Waals surface area contributed by atoms with Crippen LogP contribution in [-0.4, -0.2) is 40.2 Å². The Labute approximate surface area is 125 Å². The highest BCUT2D eigenvalue weighted by Crippen LogP contribution is 2.23. The van der Waals surface area contributed by atoms with Crippen molar-refractivity contribution in [2.24, 2.45) is 7.05 Å². The molecule has 0 aliphatic heterocycles. The van der Waals surface area contributed by atoms with Crippen LogP contribution < -0.4 is 5.32 Å². The Morgan fingerprint density at radius 1 is 1.60 bits per heavy atom. The van der Waals surface area contributed by atoms with E-state index in [2.05, 4.69) is 16.5 Å². The molecule has 0 saturated carbocycles. The van der Waals surface area contributed by atoms with Crippen molar-refractivity contribution in [1.82, 2.24) is 15.1 Å². The van der Waals surface area contributed by atoms with E-state index in [1.54, 1.807) is 11.8 Å². The van der Waals surface area contributed by atoms with Crippen LogP contribution in [0.5, 0.6) is 0 Å². The zero-order valence-electron chi connectivity index (χ0n) is 13.2. The van der Waals surface area contributed by atoms with E-state index >= 15 is 0 Å². The normalized spacial score (nSPS) is 14.3. The van der Waals surface area contributed by atoms with Gasteiger partial charge in [0.2, 0.25) is 0 Å². The van der Waals surface area contributed by atoms with Gasteiger partial charge in [0, 0.05) is 18.8 Å². The Balaban J connectivity index is 2.63. The number of carbonyl (C=O) groups excluding carboxylic acids is 1. The zero-order chi connectivity index (χ0) is 15.3. The average Bonchev–Trinajstić information content (AvgIpc) is 2.66. The molecule has 0 aliphatic carbocycles. The molecule has 114 valence electrons. The number of aromatic nitrogens is 2. The number of aryl methyl sites for hydroxylation is 2. The summed E-state index contributed by atoms with van der Waals surface area (Å²) in [6.07, 6.45) is 0.701. The first-order chi connectivity index (χ1) is 9.28. The molecule has 0 fully saturated rings. The van der Waals surface area contributed by atoms with E-state index in [4.69, 9.17) is 4.74 Å². The fourth-order valence-electron chi connectivity index (χ4n) is 2.18. The van der Waals surface area contributed by atoms with Crippen LogP contribution in [0.4, 0.5) is 0 Å². The number of thioether (sulfide) groups is 1. The highest BCUT2D eigenvalue weighted by molar-refractivity contribution is 7.99. The lowest BCUT2D eigenvalue weighted by Crippen LogP contribution is -2.53. The molecule has 1 unspecified atom stereocenters. The molecule has 0 aliphatic rings. The Hall–Kier alpha value is -1.01. The van der Waals surface area contributed by atoms with Gasteiger partial charge in [0.05, 0.1) is 17.8 Å². The van der Waals surface area contributed by atoms with Gasteiger partial charge in [0.15, 0.2) is 0 Å². The molecule has 0 aromatic carbocycles. The second-order valence-electron chi connectivity index (χ2n) is 5.47. The Kier molecular flexibility index (Phi) is 6.07. The summed E-state index contributed by atoms with van der Waals surface area (Å²) in [5.41, 5.74) is 0.356. The first-order valence-corrected chi connectivity index (χ1v) is 7.76. The van der Waals surface area contributed by atoms with Gasteiger partial charge in [-0.05, 0) is 40.2 Å². The first-order valence-electron chi connectivity index (χ1n) is 6.78. The van der Waals surface area contributed by atoms with Crippen LogP contribution in [0.25, 0.3) is 0 Å². The lowest BCUT2D eigenvalue weighted by atomic mass is 9.98. The first kappa shape index (κ1) is 17.0. The fourth-order valence-corrected chi connectivity index (χ4v) is 3.38. The summed E-state index contributed by atoms with van der Waals surface area (Å²) >= 11 is 1.70. The van der Waals surface area contributed by atoms with Crippen molar-refractivity contribution in [3.05, 3.63) is 11.8 Å². The van der Waals surface area contributed by atoms with Gasteiger partial charge in [-0.1, -0.05) is 0 Å². The summed E-state index contributed by atoms with van der Waals surface area (Å²) in [5, 5.41) is 8.73. The van der Waals surface area contributed by atoms with E-state index in [-0.39, 0.29) is 12.0 Å². The quantitative estimate of drug-likeness (QED) is 0.617. The number of nitrogens with one attached hydrogen (secondary N) is 1. The summed E-state index contributed by atoms with van der Waals surface area (Å²) in [6.45, 7) is 7.93. The van der Waals surface area contributed by atoms with Crippen molar-refractivity contribution in [3.8, 4) is 0 Å². The predicted octanol–water partition coefficient (Wildman–Crippen LogP) is 2.14. The summed E-state index contributed by atoms with van der Waals surface area (Å²) < 4.78 is 6.79. The third-order valence-corrected chi connectivity index (χ3v) is 4.14. The van der Waals surface area contributed by atoms with Gasteiger partial charge in [-0.25, -0.2) is 0 Å². The maximum absolute atomic E-state index is 12.0. The minimum atomic E-state index is -0.649. The van der Waals surface area contributed by atoms with Gasteiger partial charge in [-0.2, -0.15) is 5.10 Å². The number of esters is 1. The summed E-state index contributed by atoms with van der Waals surface area (Å²) in [7, 11) is 3.36. The number of rotatable bonds is 7. The average molecular weight is 299 g/mol. The molecule has 5 nitrogen and oxygen atoms in total. The molecule has 1 N–H and O–H groups in total. The molecule has 0 bridgehead atoms. The third-order valence-electron chi connectivity index (χ3n) is 3.05. The number of carbonyl (C=O) groups is 1. The maximum Gasteiger partial charge on any atom is 0.325 e. The van der Waals surface area contributed by atoms with Crippen LogP contribution in [0, 0.1) is 6.92 Å². The maximum atomic E-state index is 12.0. The molecule has 1 rings (SSSR count). The Morgan fingerprint density at radius 2 is 2.25 bits per heavy atom. The fraction of sp³-hybridized carbons (Fsp3) is 0.714. The third kappa shape index (κ3) is 4.52. The molecule has 0 radical (unpaired) electrons. The van der Waals surface area contributed by atoms with Crippen molar-refractivity contribution in [3.63, 3.8) is 0 Å². The van der Waals surface area contributed by atoms with E-state index in [1.807, 2.05) is 39.4 Å². The van der Waals surface area contributed by atoms with Crippen LogP contribution in [0.3, 0.4) is 0 Å². The molecule has 20 heavy (non-hydrogen) atoms. The van der Waals surface area contributed by atoms with Crippen LogP contribution in [0.1, 0.15) is 32.9 Å². The van der Waals surface area contributed by atoms with Crippen LogP contribution in [0.2, 0.25) is 0 Å². The number of methoxy groups -OCH3 is 1. The molecule has 0 spiro atoms. The number of ether oxygens (including phenoxy) is 1. The minimum absolute atomic E-state index is 0.215. The van der Waals surface area contributed by atoms with Gasteiger partial charge >= 0.3 is 5.97 Å². The largest absolute Gasteiger partial charge is 0.468 e. The van der Waals surface area contributed by atoms with Crippen molar-refractivity contribution in [1.29, 1.82) is 0 Å². The van der Waals surface area contributed by atoms with Crippen molar-refractivity contribution in [2.45, 2.75) is 50.7 Å². The topological polar surface area (TPSA) is 56.1 Å². The van der Waals surface area contributed by atoms with Crippen LogP contribution in [-0.2, 0) is 16.6 Å². The highest BCUT2D eigenvalue weighted by Gasteiger charge is 2.34. The van der Waals surface area contributed by atoms with Gasteiger partial charge < -0.3 is 4.74 Å². The van der Waals surface area contributed by atoms with E-state index < -0.39 is 5.54 Å². The molecular formula is C14H25N3O2S. The van der Waals surface area contributed by atoms with Gasteiger partial charge in [-0.3, -0.25) is 14.8 Å². The molecular weight excluding hydrogens is 274 g/mol. The van der Waals surface area contributed by atoms with Crippen molar-refractivity contribution < 1.29 is 9.53 Å².